The fraction of sp³-hybridized carbons (Fsp3) is 0.559. The number of amides is 3. The van der Waals surface area contributed by atoms with Crippen molar-refractivity contribution in [2.24, 2.45) is 0 Å². The van der Waals surface area contributed by atoms with Gasteiger partial charge in [0.25, 0.3) is 0 Å². The Labute approximate surface area is 269 Å². The topological polar surface area (TPSA) is 127 Å². The zero-order chi connectivity index (χ0) is 31.7. The second-order valence-corrected chi connectivity index (χ2v) is 13.3. The van der Waals surface area contributed by atoms with Crippen molar-refractivity contribution < 1.29 is 19.1 Å². The van der Waals surface area contributed by atoms with Crippen LogP contribution in [0.2, 0.25) is 0 Å². The van der Waals surface area contributed by atoms with Crippen LogP contribution in [-0.2, 0) is 22.7 Å². The zero-order valence-corrected chi connectivity index (χ0v) is 26.6. The highest BCUT2D eigenvalue weighted by atomic mass is 16.6. The molecule has 3 amide bonds. The molecule has 0 saturated carbocycles. The molecule has 0 spiro atoms. The molecule has 2 aromatic carbocycles. The van der Waals surface area contributed by atoms with Crippen molar-refractivity contribution >= 4 is 35.1 Å². The molecule has 0 unspecified atom stereocenters. The Morgan fingerprint density at radius 2 is 1.80 bits per heavy atom. The summed E-state index contributed by atoms with van der Waals surface area (Å²) in [5, 5.41) is 14.1. The summed E-state index contributed by atoms with van der Waals surface area (Å²) in [4.78, 5) is 48.6. The van der Waals surface area contributed by atoms with E-state index < -0.39 is 11.8 Å². The maximum atomic E-state index is 14.1. The molecule has 12 nitrogen and oxygen atoms in total. The van der Waals surface area contributed by atoms with E-state index in [2.05, 4.69) is 30.5 Å². The first kappa shape index (κ1) is 30.6. The molecule has 2 N–H and O–H groups in total. The average molecular weight is 629 g/mol. The largest absolute Gasteiger partial charge is 0.444 e. The lowest BCUT2D eigenvalue weighted by atomic mass is 9.84. The number of benzene rings is 2. The highest BCUT2D eigenvalue weighted by Crippen LogP contribution is 2.40. The minimum Gasteiger partial charge on any atom is -0.444 e. The van der Waals surface area contributed by atoms with Crippen molar-refractivity contribution in [2.75, 3.05) is 38.0 Å². The zero-order valence-electron chi connectivity index (χ0n) is 26.6. The quantitative estimate of drug-likeness (QED) is 0.362. The van der Waals surface area contributed by atoms with Gasteiger partial charge in [-0.15, -0.1) is 0 Å². The normalized spacial score (nSPS) is 24.9. The summed E-state index contributed by atoms with van der Waals surface area (Å²) in [6, 6.07) is 11.9. The number of likely N-dealkylation sites (tertiary alicyclic amines) is 3. The van der Waals surface area contributed by atoms with Gasteiger partial charge in [0.15, 0.2) is 0 Å². The van der Waals surface area contributed by atoms with E-state index in [0.717, 1.165) is 78.7 Å². The Morgan fingerprint density at radius 1 is 1.02 bits per heavy atom. The van der Waals surface area contributed by atoms with Crippen LogP contribution in [0.4, 0.5) is 15.3 Å². The van der Waals surface area contributed by atoms with Crippen LogP contribution < -0.4 is 5.32 Å². The molecule has 244 valence electrons. The molecule has 4 aliphatic heterocycles. The van der Waals surface area contributed by atoms with Crippen molar-refractivity contribution in [1.82, 2.24) is 35.0 Å². The first-order chi connectivity index (χ1) is 22.4. The third-order valence-corrected chi connectivity index (χ3v) is 10.7. The predicted molar refractivity (Wildman–Crippen MR) is 173 cm³/mol. The molecule has 2 atom stereocenters. The fourth-order valence-corrected chi connectivity index (χ4v) is 8.31. The summed E-state index contributed by atoms with van der Waals surface area (Å²) in [6.07, 6.45) is 7.51. The Kier molecular flexibility index (Phi) is 8.65. The minimum atomic E-state index is -0.891. The molecule has 0 radical (unpaired) electrons. The lowest BCUT2D eigenvalue weighted by Crippen LogP contribution is -2.70. The number of aryl methyl sites for hydroxylation is 1. The number of carbonyl (C=O) groups is 3. The van der Waals surface area contributed by atoms with Crippen molar-refractivity contribution in [2.45, 2.75) is 89.2 Å². The number of aromatic amines is 1. The molecule has 46 heavy (non-hydrogen) atoms. The first-order valence-electron chi connectivity index (χ1n) is 16.8. The standard InChI is InChI=1S/C34H44N8O4/c1-24-19-25(20-30-31(24)37-38-36-30)23-46-33(45)42-17-11-28(41-22-26-7-3-4-8-29(26)35-32(41)44)21-34(42,12-18-43)40-15-9-27(10-16-40)39-13-5-2-6-14-39/h3-4,7-8,18-20,27-28H,2,5-6,9-17,21-23H2,1H3,(H,35,44)(H,36,37,38)/t28-,34+/m1/s1. The maximum absolute atomic E-state index is 14.1. The number of hydrogen-bond acceptors (Lipinski definition) is 8. The number of anilines is 1. The number of nitrogens with zero attached hydrogens (tertiary/aromatic N) is 6. The van der Waals surface area contributed by atoms with E-state index in [1.54, 1.807) is 4.90 Å². The maximum Gasteiger partial charge on any atom is 0.411 e. The van der Waals surface area contributed by atoms with Crippen LogP contribution in [0.1, 0.15) is 68.1 Å². The molecule has 3 aromatic rings. The van der Waals surface area contributed by atoms with Gasteiger partial charge in [0.1, 0.15) is 29.6 Å². The lowest BCUT2D eigenvalue weighted by molar-refractivity contribution is -0.129. The molecular formula is C34H44N8O4. The van der Waals surface area contributed by atoms with Crippen molar-refractivity contribution in [3.8, 4) is 0 Å². The van der Waals surface area contributed by atoms with Crippen LogP contribution in [0.15, 0.2) is 36.4 Å². The second kappa shape index (κ2) is 13.0. The van der Waals surface area contributed by atoms with Gasteiger partial charge in [-0.2, -0.15) is 15.4 Å². The molecule has 1 aromatic heterocycles. The van der Waals surface area contributed by atoms with Crippen LogP contribution in [-0.4, -0.2) is 104 Å². The van der Waals surface area contributed by atoms with Crippen LogP contribution >= 0.6 is 0 Å². The summed E-state index contributed by atoms with van der Waals surface area (Å²) < 4.78 is 5.99. The van der Waals surface area contributed by atoms with Gasteiger partial charge < -0.3 is 24.6 Å². The smallest absolute Gasteiger partial charge is 0.411 e. The molecule has 0 aliphatic carbocycles. The number of nitrogens with one attached hydrogen (secondary N) is 2. The molecule has 7 rings (SSSR count). The van der Waals surface area contributed by atoms with E-state index in [0.29, 0.717) is 32.0 Å². The summed E-state index contributed by atoms with van der Waals surface area (Å²) in [6.45, 7) is 6.78. The van der Waals surface area contributed by atoms with E-state index in [1.807, 2.05) is 48.2 Å². The number of piperidine rings is 3. The molecule has 5 heterocycles. The van der Waals surface area contributed by atoms with Gasteiger partial charge >= 0.3 is 12.1 Å². The number of aldehydes is 1. The minimum absolute atomic E-state index is 0.0852. The van der Waals surface area contributed by atoms with Crippen molar-refractivity contribution in [1.29, 1.82) is 0 Å². The van der Waals surface area contributed by atoms with Gasteiger partial charge in [-0.05, 0) is 80.9 Å². The summed E-state index contributed by atoms with van der Waals surface area (Å²) in [7, 11) is 0. The number of urea groups is 1. The Bertz CT molecular complexity index is 1580. The Balaban J connectivity index is 1.14. The number of para-hydroxylation sites is 1. The number of rotatable bonds is 7. The number of aromatic nitrogens is 3. The highest BCUT2D eigenvalue weighted by Gasteiger charge is 2.52. The number of H-pyrrole nitrogens is 1. The fourth-order valence-electron chi connectivity index (χ4n) is 8.31. The van der Waals surface area contributed by atoms with Crippen LogP contribution in [0, 0.1) is 6.92 Å². The van der Waals surface area contributed by atoms with Crippen LogP contribution in [0.25, 0.3) is 11.0 Å². The predicted octanol–water partition coefficient (Wildman–Crippen LogP) is 4.65. The highest BCUT2D eigenvalue weighted by molar-refractivity contribution is 5.92. The van der Waals surface area contributed by atoms with Gasteiger partial charge in [-0.1, -0.05) is 30.7 Å². The molecule has 3 saturated heterocycles. The summed E-state index contributed by atoms with van der Waals surface area (Å²) >= 11 is 0. The monoisotopic (exact) mass is 628 g/mol. The average Bonchev–Trinajstić information content (AvgIpc) is 3.57. The molecule has 12 heteroatoms. The molecule has 4 aliphatic rings. The molecule has 3 fully saturated rings. The van der Waals surface area contributed by atoms with Gasteiger partial charge in [0.05, 0.1) is 0 Å². The van der Waals surface area contributed by atoms with E-state index in [-0.39, 0.29) is 25.1 Å². The third kappa shape index (κ3) is 5.84. The molecule has 0 bridgehead atoms. The van der Waals surface area contributed by atoms with E-state index in [1.165, 1.54) is 19.3 Å². The van der Waals surface area contributed by atoms with Crippen LogP contribution in [0.5, 0.6) is 0 Å². The lowest BCUT2D eigenvalue weighted by Gasteiger charge is -2.57. The summed E-state index contributed by atoms with van der Waals surface area (Å²) in [5.41, 5.74) is 4.30. The van der Waals surface area contributed by atoms with E-state index >= 15 is 0 Å². The van der Waals surface area contributed by atoms with Gasteiger partial charge in [0.2, 0.25) is 0 Å². The Morgan fingerprint density at radius 3 is 2.61 bits per heavy atom. The SMILES string of the molecule is Cc1cc(COC(=O)N2CC[C@@H](N3Cc4ccccc4NC3=O)C[C@@]2(CC=O)N2CCC(N3CCCCC3)CC2)cc2n[nH]nc12. The Hall–Kier alpha value is -4.03. The van der Waals surface area contributed by atoms with Gasteiger partial charge in [0, 0.05) is 56.8 Å². The van der Waals surface area contributed by atoms with Crippen molar-refractivity contribution in [3.05, 3.63) is 53.1 Å². The number of fused-ring (bicyclic) bond motifs is 2. The number of carbonyl (C=O) groups excluding carboxylic acids is 3. The second-order valence-electron chi connectivity index (χ2n) is 13.3. The number of ether oxygens (including phenoxy) is 1. The number of hydrogen-bond donors (Lipinski definition) is 2. The van der Waals surface area contributed by atoms with Crippen molar-refractivity contribution in [3.63, 3.8) is 0 Å². The van der Waals surface area contributed by atoms with Crippen LogP contribution in [0.3, 0.4) is 0 Å². The van der Waals surface area contributed by atoms with E-state index in [4.69, 9.17) is 4.74 Å². The van der Waals surface area contributed by atoms with Gasteiger partial charge in [-0.3, -0.25) is 9.80 Å². The van der Waals surface area contributed by atoms with E-state index in [9.17, 15) is 14.4 Å². The van der Waals surface area contributed by atoms with Gasteiger partial charge in [-0.25, -0.2) is 9.59 Å². The first-order valence-corrected chi connectivity index (χ1v) is 16.8. The molecular weight excluding hydrogens is 584 g/mol. The third-order valence-electron chi connectivity index (χ3n) is 10.7. The summed E-state index contributed by atoms with van der Waals surface area (Å²) in [5.74, 6) is 0.